The lowest BCUT2D eigenvalue weighted by atomic mass is 10.1. The fourth-order valence-corrected chi connectivity index (χ4v) is 3.52. The molecule has 0 saturated carbocycles. The van der Waals surface area contributed by atoms with Crippen molar-refractivity contribution in [3.05, 3.63) is 49.1 Å². The first-order valence-electron chi connectivity index (χ1n) is 9.71. The predicted octanol–water partition coefficient (Wildman–Crippen LogP) is 2.06. The molecule has 0 unspecified atom stereocenters. The third-order valence-corrected chi connectivity index (χ3v) is 5.07. The topological polar surface area (TPSA) is 104 Å². The normalized spacial score (nSPS) is 14.8. The van der Waals surface area contributed by atoms with Crippen LogP contribution >= 0.6 is 0 Å². The molecule has 0 atom stereocenters. The molecule has 10 heteroatoms. The number of anilines is 1. The van der Waals surface area contributed by atoms with Crippen molar-refractivity contribution in [2.45, 2.75) is 18.9 Å². The van der Waals surface area contributed by atoms with Gasteiger partial charge < -0.3 is 14.4 Å². The van der Waals surface area contributed by atoms with Gasteiger partial charge in [0.15, 0.2) is 22.7 Å². The quantitative estimate of drug-likeness (QED) is 0.494. The molecule has 30 heavy (non-hydrogen) atoms. The highest BCUT2D eigenvalue weighted by Gasteiger charge is 2.25. The smallest absolute Gasteiger partial charge is 0.316 e. The highest BCUT2D eigenvalue weighted by Crippen LogP contribution is 2.26. The van der Waals surface area contributed by atoms with Crippen LogP contribution in [0.1, 0.15) is 12.8 Å². The lowest BCUT2D eigenvalue weighted by Crippen LogP contribution is -2.39. The highest BCUT2D eigenvalue weighted by atomic mass is 16.5. The zero-order valence-corrected chi connectivity index (χ0v) is 16.4. The summed E-state index contributed by atoms with van der Waals surface area (Å²) >= 11 is 0. The molecule has 1 fully saturated rings. The second-order valence-electron chi connectivity index (χ2n) is 6.92. The van der Waals surface area contributed by atoms with Crippen molar-refractivity contribution in [2.24, 2.45) is 0 Å². The maximum Gasteiger partial charge on any atom is 0.316 e. The van der Waals surface area contributed by atoms with Gasteiger partial charge in [0.25, 0.3) is 0 Å². The van der Waals surface area contributed by atoms with Crippen molar-refractivity contribution in [3.63, 3.8) is 0 Å². The average Bonchev–Trinajstić information content (AvgIpc) is 3.25. The lowest BCUT2D eigenvalue weighted by molar-refractivity contribution is 0.156. The monoisotopic (exact) mass is 404 g/mol. The molecule has 1 aliphatic rings. The van der Waals surface area contributed by atoms with Gasteiger partial charge >= 0.3 is 6.01 Å². The van der Waals surface area contributed by atoms with Gasteiger partial charge in [0.2, 0.25) is 0 Å². The number of fused-ring (bicyclic) bond motifs is 1. The summed E-state index contributed by atoms with van der Waals surface area (Å²) in [5.41, 5.74) is 2.30. The highest BCUT2D eigenvalue weighted by molar-refractivity contribution is 5.83. The molecule has 0 aliphatic carbocycles. The van der Waals surface area contributed by atoms with Crippen molar-refractivity contribution < 1.29 is 9.47 Å². The summed E-state index contributed by atoms with van der Waals surface area (Å²) in [4.78, 5) is 19.4. The number of methoxy groups -OCH3 is 1. The minimum atomic E-state index is 0.0481. The Morgan fingerprint density at radius 3 is 2.47 bits per heavy atom. The fourth-order valence-electron chi connectivity index (χ4n) is 3.52. The van der Waals surface area contributed by atoms with Gasteiger partial charge in [0, 0.05) is 25.9 Å². The van der Waals surface area contributed by atoms with E-state index in [4.69, 9.17) is 9.47 Å². The van der Waals surface area contributed by atoms with Crippen molar-refractivity contribution in [1.82, 2.24) is 34.9 Å². The number of aromatic nitrogens is 7. The standard InChI is InChI=1S/C20H20N8O2/c1-29-16-11-21-20(22-12-16)30-15-7-9-27(10-8-15)18-17-19(24-13-23-18)28(26-25-17)14-5-3-2-4-6-14/h2-6,11-13,15H,7-10H2,1H3. The van der Waals surface area contributed by atoms with Crippen molar-refractivity contribution in [2.75, 3.05) is 25.1 Å². The van der Waals surface area contributed by atoms with Gasteiger partial charge in [0.05, 0.1) is 25.2 Å². The Labute approximate surface area is 172 Å². The second-order valence-corrected chi connectivity index (χ2v) is 6.92. The van der Waals surface area contributed by atoms with E-state index in [0.29, 0.717) is 22.9 Å². The van der Waals surface area contributed by atoms with E-state index in [1.807, 2.05) is 30.3 Å². The Balaban J connectivity index is 1.31. The first-order chi connectivity index (χ1) is 14.8. The number of benzene rings is 1. The van der Waals surface area contributed by atoms with Crippen molar-refractivity contribution >= 4 is 17.0 Å². The van der Waals surface area contributed by atoms with Crippen molar-refractivity contribution in [3.8, 4) is 17.4 Å². The van der Waals surface area contributed by atoms with Crippen LogP contribution in [-0.2, 0) is 0 Å². The SMILES string of the molecule is COc1cnc(OC2CCN(c3ncnc4c3nnn4-c3ccccc3)CC2)nc1. The first-order valence-corrected chi connectivity index (χ1v) is 9.71. The maximum atomic E-state index is 5.92. The summed E-state index contributed by atoms with van der Waals surface area (Å²) in [6, 6.07) is 10.2. The number of para-hydroxylation sites is 1. The molecule has 0 amide bonds. The third-order valence-electron chi connectivity index (χ3n) is 5.07. The molecular weight excluding hydrogens is 384 g/mol. The minimum Gasteiger partial charge on any atom is -0.494 e. The van der Waals surface area contributed by atoms with Gasteiger partial charge in [-0.05, 0) is 12.1 Å². The summed E-state index contributed by atoms with van der Waals surface area (Å²) in [5, 5.41) is 8.65. The van der Waals surface area contributed by atoms with Crippen LogP contribution in [0.5, 0.6) is 11.8 Å². The summed E-state index contributed by atoms with van der Waals surface area (Å²) in [6.45, 7) is 1.57. The van der Waals surface area contributed by atoms with Crippen LogP contribution in [0.4, 0.5) is 5.82 Å². The average molecular weight is 404 g/mol. The largest absolute Gasteiger partial charge is 0.494 e. The number of rotatable bonds is 5. The van der Waals surface area contributed by atoms with Crippen LogP contribution in [-0.4, -0.2) is 61.2 Å². The van der Waals surface area contributed by atoms with Gasteiger partial charge in [-0.2, -0.15) is 14.6 Å². The molecule has 0 bridgehead atoms. The van der Waals surface area contributed by atoms with Crippen LogP contribution in [0.3, 0.4) is 0 Å². The molecule has 152 valence electrons. The van der Waals surface area contributed by atoms with Crippen LogP contribution in [0.25, 0.3) is 16.9 Å². The zero-order valence-electron chi connectivity index (χ0n) is 16.4. The van der Waals surface area contributed by atoms with E-state index >= 15 is 0 Å². The summed E-state index contributed by atoms with van der Waals surface area (Å²) < 4.78 is 12.7. The molecule has 10 nitrogen and oxygen atoms in total. The predicted molar refractivity (Wildman–Crippen MR) is 109 cm³/mol. The molecule has 4 aromatic rings. The number of nitrogens with zero attached hydrogens (tertiary/aromatic N) is 8. The molecule has 0 N–H and O–H groups in total. The van der Waals surface area contributed by atoms with E-state index in [9.17, 15) is 0 Å². The summed E-state index contributed by atoms with van der Waals surface area (Å²) in [5.74, 6) is 1.40. The summed E-state index contributed by atoms with van der Waals surface area (Å²) in [7, 11) is 1.58. The molecule has 1 saturated heterocycles. The molecule has 5 rings (SSSR count). The minimum absolute atomic E-state index is 0.0481. The Morgan fingerprint density at radius 2 is 1.73 bits per heavy atom. The molecule has 3 aromatic heterocycles. The number of piperidine rings is 1. The lowest BCUT2D eigenvalue weighted by Gasteiger charge is -2.32. The van der Waals surface area contributed by atoms with Gasteiger partial charge in [-0.3, -0.25) is 0 Å². The second kappa shape index (κ2) is 7.90. The van der Waals surface area contributed by atoms with Crippen LogP contribution in [0, 0.1) is 0 Å². The van der Waals surface area contributed by atoms with Crippen LogP contribution in [0.2, 0.25) is 0 Å². The fraction of sp³-hybridized carbons (Fsp3) is 0.300. The molecule has 0 radical (unpaired) electrons. The van der Waals surface area contributed by atoms with Gasteiger partial charge in [-0.1, -0.05) is 23.4 Å². The van der Waals surface area contributed by atoms with E-state index in [1.165, 1.54) is 0 Å². The number of hydrogen-bond donors (Lipinski definition) is 0. The summed E-state index contributed by atoms with van der Waals surface area (Å²) in [6.07, 6.45) is 6.47. The van der Waals surface area contributed by atoms with E-state index in [-0.39, 0.29) is 6.10 Å². The van der Waals surface area contributed by atoms with Crippen LogP contribution in [0.15, 0.2) is 49.1 Å². The Kier molecular flexibility index (Phi) is 4.80. The van der Waals surface area contributed by atoms with E-state index < -0.39 is 0 Å². The Bertz CT molecular complexity index is 1120. The van der Waals surface area contributed by atoms with Crippen LogP contribution < -0.4 is 14.4 Å². The van der Waals surface area contributed by atoms with E-state index in [1.54, 1.807) is 30.5 Å². The third kappa shape index (κ3) is 3.47. The molecule has 1 aromatic carbocycles. The number of hydrogen-bond acceptors (Lipinski definition) is 9. The number of ether oxygens (including phenoxy) is 2. The van der Waals surface area contributed by atoms with E-state index in [0.717, 1.165) is 37.4 Å². The molecule has 1 aliphatic heterocycles. The molecule has 0 spiro atoms. The Morgan fingerprint density at radius 1 is 0.967 bits per heavy atom. The van der Waals surface area contributed by atoms with E-state index in [2.05, 4.69) is 35.1 Å². The van der Waals surface area contributed by atoms with Crippen molar-refractivity contribution in [1.29, 1.82) is 0 Å². The van der Waals surface area contributed by atoms with Gasteiger partial charge in [-0.15, -0.1) is 5.10 Å². The molecule has 4 heterocycles. The zero-order chi connectivity index (χ0) is 20.3. The van der Waals surface area contributed by atoms with Gasteiger partial charge in [0.1, 0.15) is 12.4 Å². The maximum absolute atomic E-state index is 5.92. The van der Waals surface area contributed by atoms with Gasteiger partial charge in [-0.25, -0.2) is 9.97 Å². The Hall–Kier alpha value is -3.82. The first kappa shape index (κ1) is 18.2. The molecular formula is C20H20N8O2.